The summed E-state index contributed by atoms with van der Waals surface area (Å²) >= 11 is 3.34. The van der Waals surface area contributed by atoms with Crippen LogP contribution in [0.5, 0.6) is 0 Å². The zero-order valence-corrected chi connectivity index (χ0v) is 11.0. The van der Waals surface area contributed by atoms with Crippen molar-refractivity contribution >= 4 is 21.9 Å². The number of hydrogen-bond acceptors (Lipinski definition) is 4. The van der Waals surface area contributed by atoms with E-state index < -0.39 is 0 Å². The fourth-order valence-electron chi connectivity index (χ4n) is 1.93. The van der Waals surface area contributed by atoms with Crippen molar-refractivity contribution in [3.8, 4) is 0 Å². The van der Waals surface area contributed by atoms with E-state index in [-0.39, 0.29) is 0 Å². The lowest BCUT2D eigenvalue weighted by Gasteiger charge is -2.31. The number of nitrogens with zero attached hydrogens (tertiary/aromatic N) is 3. The number of hydrogen-bond donors (Lipinski definition) is 0. The van der Waals surface area contributed by atoms with Crippen LogP contribution in [0.1, 0.15) is 19.8 Å². The van der Waals surface area contributed by atoms with Crippen LogP contribution in [0.2, 0.25) is 0 Å². The van der Waals surface area contributed by atoms with E-state index in [0.717, 1.165) is 43.0 Å². The van der Waals surface area contributed by atoms with Gasteiger partial charge in [0.05, 0.1) is 10.6 Å². The zero-order chi connectivity index (χ0) is 11.4. The summed E-state index contributed by atoms with van der Waals surface area (Å²) in [4.78, 5) is 10.8. The number of aromatic nitrogens is 2. The van der Waals surface area contributed by atoms with Crippen LogP contribution < -0.4 is 4.90 Å². The molecule has 0 atom stereocenters. The van der Waals surface area contributed by atoms with Crippen molar-refractivity contribution in [2.75, 3.05) is 24.6 Å². The van der Waals surface area contributed by atoms with E-state index in [1.165, 1.54) is 0 Å². The summed E-state index contributed by atoms with van der Waals surface area (Å²) in [6.45, 7) is 4.81. The van der Waals surface area contributed by atoms with Gasteiger partial charge in [-0.15, -0.1) is 0 Å². The van der Waals surface area contributed by atoms with E-state index in [4.69, 9.17) is 4.74 Å². The Kier molecular flexibility index (Phi) is 4.12. The van der Waals surface area contributed by atoms with Gasteiger partial charge in [0.25, 0.3) is 0 Å². The Balaban J connectivity index is 1.91. The van der Waals surface area contributed by atoms with E-state index in [2.05, 4.69) is 30.8 Å². The summed E-state index contributed by atoms with van der Waals surface area (Å²) in [6.07, 6.45) is 6.12. The molecule has 88 valence electrons. The van der Waals surface area contributed by atoms with E-state index >= 15 is 0 Å². The quantitative estimate of drug-likeness (QED) is 0.854. The Hall–Kier alpha value is -0.680. The predicted molar refractivity (Wildman–Crippen MR) is 66.6 cm³/mol. The van der Waals surface area contributed by atoms with Gasteiger partial charge in [0.2, 0.25) is 5.95 Å². The molecule has 0 radical (unpaired) electrons. The second-order valence-electron chi connectivity index (χ2n) is 3.84. The Labute approximate surface area is 104 Å². The van der Waals surface area contributed by atoms with Gasteiger partial charge in [0, 0.05) is 32.1 Å². The van der Waals surface area contributed by atoms with Gasteiger partial charge in [-0.05, 0) is 35.7 Å². The van der Waals surface area contributed by atoms with Gasteiger partial charge in [-0.1, -0.05) is 0 Å². The lowest BCUT2D eigenvalue weighted by Crippen LogP contribution is -2.37. The van der Waals surface area contributed by atoms with Crippen molar-refractivity contribution in [2.45, 2.75) is 25.9 Å². The molecule has 1 aromatic heterocycles. The van der Waals surface area contributed by atoms with E-state index in [0.29, 0.717) is 6.10 Å². The molecular weight excluding hydrogens is 270 g/mol. The minimum absolute atomic E-state index is 0.414. The highest BCUT2D eigenvalue weighted by atomic mass is 79.9. The lowest BCUT2D eigenvalue weighted by atomic mass is 10.1. The zero-order valence-electron chi connectivity index (χ0n) is 9.40. The van der Waals surface area contributed by atoms with E-state index in [1.54, 1.807) is 12.4 Å². The average Bonchev–Trinajstić information content (AvgIpc) is 2.32. The Morgan fingerprint density at radius 1 is 1.38 bits per heavy atom. The Morgan fingerprint density at radius 2 is 2.00 bits per heavy atom. The molecule has 0 spiro atoms. The maximum absolute atomic E-state index is 5.61. The molecule has 0 aromatic carbocycles. The van der Waals surface area contributed by atoms with Crippen molar-refractivity contribution in [1.82, 2.24) is 9.97 Å². The third-order valence-corrected chi connectivity index (χ3v) is 3.14. The highest BCUT2D eigenvalue weighted by molar-refractivity contribution is 9.10. The van der Waals surface area contributed by atoms with Crippen LogP contribution in [0.15, 0.2) is 16.9 Å². The molecule has 1 fully saturated rings. The molecule has 2 rings (SSSR count). The van der Waals surface area contributed by atoms with Gasteiger partial charge in [0.15, 0.2) is 0 Å². The molecule has 16 heavy (non-hydrogen) atoms. The topological polar surface area (TPSA) is 38.2 Å². The number of rotatable bonds is 3. The molecule has 1 saturated heterocycles. The van der Waals surface area contributed by atoms with Gasteiger partial charge >= 0.3 is 0 Å². The van der Waals surface area contributed by atoms with Crippen LogP contribution in [0.4, 0.5) is 5.95 Å². The number of piperidine rings is 1. The molecule has 2 heterocycles. The van der Waals surface area contributed by atoms with Crippen LogP contribution in [-0.4, -0.2) is 35.8 Å². The third kappa shape index (κ3) is 2.92. The van der Waals surface area contributed by atoms with Crippen molar-refractivity contribution in [1.29, 1.82) is 0 Å². The first kappa shape index (κ1) is 11.8. The number of anilines is 1. The van der Waals surface area contributed by atoms with Crippen molar-refractivity contribution < 1.29 is 4.74 Å². The van der Waals surface area contributed by atoms with E-state index in [9.17, 15) is 0 Å². The molecule has 5 heteroatoms. The average molecular weight is 286 g/mol. The van der Waals surface area contributed by atoms with Crippen LogP contribution >= 0.6 is 15.9 Å². The second kappa shape index (κ2) is 5.59. The summed E-state index contributed by atoms with van der Waals surface area (Å²) in [5.41, 5.74) is 0. The summed E-state index contributed by atoms with van der Waals surface area (Å²) in [6, 6.07) is 0. The molecule has 0 bridgehead atoms. The minimum Gasteiger partial charge on any atom is -0.378 e. The molecule has 4 nitrogen and oxygen atoms in total. The predicted octanol–water partition coefficient (Wildman–Crippen LogP) is 2.24. The fraction of sp³-hybridized carbons (Fsp3) is 0.636. The maximum atomic E-state index is 5.61. The third-order valence-electron chi connectivity index (χ3n) is 2.73. The highest BCUT2D eigenvalue weighted by Crippen LogP contribution is 2.18. The molecule has 0 unspecified atom stereocenters. The van der Waals surface area contributed by atoms with Crippen molar-refractivity contribution in [2.24, 2.45) is 0 Å². The summed E-state index contributed by atoms with van der Waals surface area (Å²) in [5.74, 6) is 0.818. The van der Waals surface area contributed by atoms with Crippen molar-refractivity contribution in [3.63, 3.8) is 0 Å². The normalized spacial score (nSPS) is 17.8. The van der Waals surface area contributed by atoms with Gasteiger partial charge in [-0.2, -0.15) is 0 Å². The van der Waals surface area contributed by atoms with Crippen LogP contribution in [0.25, 0.3) is 0 Å². The molecule has 0 amide bonds. The fourth-order valence-corrected chi connectivity index (χ4v) is 2.13. The molecule has 0 aliphatic carbocycles. The Morgan fingerprint density at radius 3 is 2.56 bits per heavy atom. The summed E-state index contributed by atoms with van der Waals surface area (Å²) in [7, 11) is 0. The van der Waals surface area contributed by atoms with E-state index in [1.807, 2.05) is 6.92 Å². The SMILES string of the molecule is CCOC1CCN(c2ncc(Br)cn2)CC1. The first-order valence-electron chi connectivity index (χ1n) is 5.63. The van der Waals surface area contributed by atoms with Gasteiger partial charge < -0.3 is 9.64 Å². The molecule has 0 saturated carbocycles. The van der Waals surface area contributed by atoms with Crippen LogP contribution in [-0.2, 0) is 4.74 Å². The monoisotopic (exact) mass is 285 g/mol. The first-order chi connectivity index (χ1) is 7.79. The largest absolute Gasteiger partial charge is 0.378 e. The Bertz CT molecular complexity index is 323. The smallest absolute Gasteiger partial charge is 0.225 e. The minimum atomic E-state index is 0.414. The maximum Gasteiger partial charge on any atom is 0.225 e. The van der Waals surface area contributed by atoms with Gasteiger partial charge in [-0.3, -0.25) is 0 Å². The number of ether oxygens (including phenoxy) is 1. The first-order valence-corrected chi connectivity index (χ1v) is 6.43. The van der Waals surface area contributed by atoms with Crippen LogP contribution in [0, 0.1) is 0 Å². The molecule has 1 aliphatic heterocycles. The molecule has 0 N–H and O–H groups in total. The van der Waals surface area contributed by atoms with Crippen LogP contribution in [0.3, 0.4) is 0 Å². The summed E-state index contributed by atoms with van der Waals surface area (Å²) < 4.78 is 6.53. The number of halogens is 1. The molecule has 1 aromatic rings. The van der Waals surface area contributed by atoms with Gasteiger partial charge in [-0.25, -0.2) is 9.97 Å². The van der Waals surface area contributed by atoms with Crippen molar-refractivity contribution in [3.05, 3.63) is 16.9 Å². The summed E-state index contributed by atoms with van der Waals surface area (Å²) in [5, 5.41) is 0. The molecule has 1 aliphatic rings. The van der Waals surface area contributed by atoms with Gasteiger partial charge in [0.1, 0.15) is 0 Å². The lowest BCUT2D eigenvalue weighted by molar-refractivity contribution is 0.0457. The second-order valence-corrected chi connectivity index (χ2v) is 4.76. The standard InChI is InChI=1S/C11H16BrN3O/c1-2-16-10-3-5-15(6-4-10)11-13-7-9(12)8-14-11/h7-8,10H,2-6H2,1H3. The highest BCUT2D eigenvalue weighted by Gasteiger charge is 2.20. The molecular formula is C11H16BrN3O.